The summed E-state index contributed by atoms with van der Waals surface area (Å²) in [6.07, 6.45) is 5.15. The Morgan fingerprint density at radius 3 is 2.71 bits per heavy atom. The fourth-order valence-electron chi connectivity index (χ4n) is 3.31. The molecule has 1 amide bonds. The average Bonchev–Trinajstić information content (AvgIpc) is 2.95. The molecule has 1 heterocycles. The molecule has 2 fully saturated rings. The Hall–Kier alpha value is -1.61. The molecule has 1 N–H and O–H groups in total. The Morgan fingerprint density at radius 1 is 1.38 bits per heavy atom. The first kappa shape index (κ1) is 15.8. The van der Waals surface area contributed by atoms with Gasteiger partial charge in [-0.25, -0.2) is 0 Å². The van der Waals surface area contributed by atoms with Crippen LogP contribution in [0.3, 0.4) is 0 Å². The van der Waals surface area contributed by atoms with E-state index in [0.717, 1.165) is 45.1 Å². The van der Waals surface area contributed by atoms with Gasteiger partial charge < -0.3 is 10.1 Å². The van der Waals surface area contributed by atoms with E-state index in [4.69, 9.17) is 4.74 Å². The summed E-state index contributed by atoms with van der Waals surface area (Å²) < 4.78 is 4.77. The van der Waals surface area contributed by atoms with Crippen molar-refractivity contribution in [3.05, 3.63) is 0 Å². The molecule has 1 saturated carbocycles. The molecule has 0 unspecified atom stereocenters. The van der Waals surface area contributed by atoms with E-state index < -0.39 is 5.54 Å². The van der Waals surface area contributed by atoms with Gasteiger partial charge in [0.05, 0.1) is 25.6 Å². The number of rotatable bonds is 4. The highest BCUT2D eigenvalue weighted by Gasteiger charge is 2.36. The molecule has 0 aromatic carbocycles. The molecule has 1 aliphatic heterocycles. The normalized spacial score (nSPS) is 25.0. The zero-order valence-corrected chi connectivity index (χ0v) is 12.6. The van der Waals surface area contributed by atoms with E-state index in [-0.39, 0.29) is 24.3 Å². The van der Waals surface area contributed by atoms with E-state index >= 15 is 0 Å². The third-order valence-corrected chi connectivity index (χ3v) is 4.46. The summed E-state index contributed by atoms with van der Waals surface area (Å²) in [4.78, 5) is 25.7. The van der Waals surface area contributed by atoms with Gasteiger partial charge >= 0.3 is 5.97 Å². The summed E-state index contributed by atoms with van der Waals surface area (Å²) in [6, 6.07) is 2.26. The van der Waals surface area contributed by atoms with Crippen molar-refractivity contribution in [3.63, 3.8) is 0 Å². The minimum atomic E-state index is -0.672. The lowest BCUT2D eigenvalue weighted by atomic mass is 9.97. The topological polar surface area (TPSA) is 82.4 Å². The van der Waals surface area contributed by atoms with Crippen molar-refractivity contribution < 1.29 is 14.3 Å². The molecular weight excluding hydrogens is 270 g/mol. The van der Waals surface area contributed by atoms with Crippen LogP contribution in [-0.4, -0.2) is 49.1 Å². The molecule has 2 aliphatic rings. The number of methoxy groups -OCH3 is 1. The zero-order valence-electron chi connectivity index (χ0n) is 12.6. The molecule has 0 radical (unpaired) electrons. The van der Waals surface area contributed by atoms with Gasteiger partial charge in [-0.05, 0) is 45.1 Å². The fraction of sp³-hybridized carbons (Fsp3) is 0.800. The van der Waals surface area contributed by atoms with E-state index in [9.17, 15) is 14.9 Å². The standard InChI is InChI=1S/C15H23N3O3/c1-21-14(20)12-5-4-8-18(9-12)10-13(19)17-15(11-16)6-2-3-7-15/h12H,2-10H2,1H3,(H,17,19)/t12-/m0/s1. The highest BCUT2D eigenvalue weighted by Crippen LogP contribution is 2.28. The van der Waals surface area contributed by atoms with E-state index in [1.165, 1.54) is 7.11 Å². The van der Waals surface area contributed by atoms with E-state index in [2.05, 4.69) is 11.4 Å². The number of hydrogen-bond donors (Lipinski definition) is 1. The lowest BCUT2D eigenvalue weighted by molar-refractivity contribution is -0.147. The van der Waals surface area contributed by atoms with Gasteiger partial charge in [-0.15, -0.1) is 0 Å². The van der Waals surface area contributed by atoms with E-state index in [0.29, 0.717) is 6.54 Å². The number of carbonyl (C=O) groups excluding carboxylic acids is 2. The van der Waals surface area contributed by atoms with Crippen LogP contribution in [0.5, 0.6) is 0 Å². The van der Waals surface area contributed by atoms with E-state index in [1.807, 2.05) is 4.90 Å². The van der Waals surface area contributed by atoms with Crippen LogP contribution in [0, 0.1) is 17.2 Å². The smallest absolute Gasteiger partial charge is 0.309 e. The number of hydrogen-bond acceptors (Lipinski definition) is 5. The number of amides is 1. The Bertz CT molecular complexity index is 438. The van der Waals surface area contributed by atoms with Gasteiger partial charge in [0.1, 0.15) is 5.54 Å². The number of carbonyl (C=O) groups is 2. The number of piperidine rings is 1. The van der Waals surface area contributed by atoms with Crippen molar-refractivity contribution in [2.75, 3.05) is 26.7 Å². The van der Waals surface area contributed by atoms with Crippen LogP contribution in [-0.2, 0) is 14.3 Å². The van der Waals surface area contributed by atoms with Gasteiger partial charge in [0.25, 0.3) is 0 Å². The Kier molecular flexibility index (Phi) is 5.18. The highest BCUT2D eigenvalue weighted by molar-refractivity contribution is 5.79. The highest BCUT2D eigenvalue weighted by atomic mass is 16.5. The Morgan fingerprint density at radius 2 is 2.10 bits per heavy atom. The molecular formula is C15H23N3O3. The van der Waals surface area contributed by atoms with Crippen molar-refractivity contribution in [1.29, 1.82) is 5.26 Å². The predicted molar refractivity (Wildman–Crippen MR) is 76.1 cm³/mol. The quantitative estimate of drug-likeness (QED) is 0.776. The van der Waals surface area contributed by atoms with Crippen LogP contribution >= 0.6 is 0 Å². The fourth-order valence-corrected chi connectivity index (χ4v) is 3.31. The maximum Gasteiger partial charge on any atom is 0.309 e. The summed E-state index contributed by atoms with van der Waals surface area (Å²) in [5, 5.41) is 12.2. The first-order valence-corrected chi connectivity index (χ1v) is 7.61. The van der Waals surface area contributed by atoms with Gasteiger partial charge in [-0.2, -0.15) is 5.26 Å². The minimum absolute atomic E-state index is 0.121. The summed E-state index contributed by atoms with van der Waals surface area (Å²) in [5.74, 6) is -0.471. The summed E-state index contributed by atoms with van der Waals surface area (Å²) in [5.41, 5.74) is -0.672. The monoisotopic (exact) mass is 293 g/mol. The first-order chi connectivity index (χ1) is 10.1. The average molecular weight is 293 g/mol. The Labute approximate surface area is 125 Å². The summed E-state index contributed by atoms with van der Waals surface area (Å²) >= 11 is 0. The van der Waals surface area contributed by atoms with Gasteiger partial charge in [-0.1, -0.05) is 0 Å². The molecule has 0 aromatic rings. The molecule has 0 spiro atoms. The van der Waals surface area contributed by atoms with Crippen molar-refractivity contribution in [2.45, 2.75) is 44.1 Å². The predicted octanol–water partition coefficient (Wildman–Crippen LogP) is 0.824. The van der Waals surface area contributed by atoms with Gasteiger partial charge in [0.2, 0.25) is 5.91 Å². The van der Waals surface area contributed by atoms with Gasteiger partial charge in [-0.3, -0.25) is 14.5 Å². The molecule has 116 valence electrons. The Balaban J connectivity index is 1.85. The second kappa shape index (κ2) is 6.90. The molecule has 6 heteroatoms. The van der Waals surface area contributed by atoms with Crippen molar-refractivity contribution in [2.24, 2.45) is 5.92 Å². The number of nitrogens with zero attached hydrogens (tertiary/aromatic N) is 2. The maximum atomic E-state index is 12.2. The first-order valence-electron chi connectivity index (χ1n) is 7.61. The van der Waals surface area contributed by atoms with Crippen LogP contribution in [0.25, 0.3) is 0 Å². The van der Waals surface area contributed by atoms with Gasteiger partial charge in [0, 0.05) is 6.54 Å². The largest absolute Gasteiger partial charge is 0.469 e. The molecule has 21 heavy (non-hydrogen) atoms. The van der Waals surface area contributed by atoms with Crippen LogP contribution in [0.2, 0.25) is 0 Å². The minimum Gasteiger partial charge on any atom is -0.469 e. The number of esters is 1. The number of nitrogens with one attached hydrogen (secondary N) is 1. The SMILES string of the molecule is COC(=O)[C@H]1CCCN(CC(=O)NC2(C#N)CCCC2)C1. The van der Waals surface area contributed by atoms with Crippen LogP contribution in [0.4, 0.5) is 0 Å². The third-order valence-electron chi connectivity index (χ3n) is 4.46. The van der Waals surface area contributed by atoms with Crippen LogP contribution < -0.4 is 5.32 Å². The summed E-state index contributed by atoms with van der Waals surface area (Å²) in [6.45, 7) is 1.61. The van der Waals surface area contributed by atoms with Crippen LogP contribution in [0.15, 0.2) is 0 Å². The van der Waals surface area contributed by atoms with Crippen LogP contribution in [0.1, 0.15) is 38.5 Å². The number of nitriles is 1. The maximum absolute atomic E-state index is 12.2. The molecule has 0 bridgehead atoms. The molecule has 1 atom stereocenters. The molecule has 6 nitrogen and oxygen atoms in total. The lowest BCUT2D eigenvalue weighted by Crippen LogP contribution is -2.50. The second-order valence-electron chi connectivity index (χ2n) is 6.05. The second-order valence-corrected chi connectivity index (χ2v) is 6.05. The third kappa shape index (κ3) is 3.94. The molecule has 2 rings (SSSR count). The molecule has 0 aromatic heterocycles. The summed E-state index contributed by atoms with van der Waals surface area (Å²) in [7, 11) is 1.39. The van der Waals surface area contributed by atoms with Gasteiger partial charge in [0.15, 0.2) is 0 Å². The van der Waals surface area contributed by atoms with E-state index in [1.54, 1.807) is 0 Å². The molecule has 1 aliphatic carbocycles. The number of ether oxygens (including phenoxy) is 1. The zero-order chi connectivity index (χ0) is 15.3. The van der Waals surface area contributed by atoms with Crippen molar-refractivity contribution >= 4 is 11.9 Å². The van der Waals surface area contributed by atoms with Crippen molar-refractivity contribution in [1.82, 2.24) is 10.2 Å². The number of likely N-dealkylation sites (tertiary alicyclic amines) is 1. The molecule has 1 saturated heterocycles. The lowest BCUT2D eigenvalue weighted by Gasteiger charge is -2.31. The van der Waals surface area contributed by atoms with Crippen molar-refractivity contribution in [3.8, 4) is 6.07 Å².